The van der Waals surface area contributed by atoms with E-state index in [1.807, 2.05) is 103 Å². The Morgan fingerprint density at radius 3 is 1.84 bits per heavy atom. The van der Waals surface area contributed by atoms with E-state index in [1.165, 1.54) is 25.7 Å². The van der Waals surface area contributed by atoms with Gasteiger partial charge < -0.3 is 14.8 Å². The summed E-state index contributed by atoms with van der Waals surface area (Å²) in [4.78, 5) is 17.3. The molecule has 0 atom stereocenters. The fraction of sp³-hybridized carbons (Fsp3) is 0.217. The number of carbonyl (C=O) groups excluding carboxylic acids is 1. The summed E-state index contributed by atoms with van der Waals surface area (Å²) in [5, 5.41) is 22.8. The minimum Gasteiger partial charge on any atom is -0.491 e. The van der Waals surface area contributed by atoms with Crippen LogP contribution in [0.1, 0.15) is 56.9 Å². The molecule has 0 bridgehead atoms. The van der Waals surface area contributed by atoms with E-state index in [1.54, 1.807) is 0 Å². The summed E-state index contributed by atoms with van der Waals surface area (Å²) < 4.78 is 15.0. The molecule has 0 fully saturated rings. The lowest BCUT2D eigenvalue weighted by molar-refractivity contribution is -0.110. The summed E-state index contributed by atoms with van der Waals surface area (Å²) in [7, 11) is 0. The maximum absolute atomic E-state index is 12.6. The summed E-state index contributed by atoms with van der Waals surface area (Å²) in [5.74, 6) is 1.28. The number of hydrogen-bond donors (Lipinski definition) is 1. The van der Waals surface area contributed by atoms with Crippen LogP contribution in [0.4, 0.5) is 34.1 Å². The molecule has 0 aliphatic carbocycles. The van der Waals surface area contributed by atoms with Crippen LogP contribution >= 0.6 is 54.5 Å². The molecule has 6 aromatic rings. The normalized spacial score (nSPS) is 13.2. The van der Waals surface area contributed by atoms with E-state index < -0.39 is 0 Å². The number of nitrogens with one attached hydrogen (secondary N) is 1. The molecule has 0 saturated heterocycles. The average molecular weight is 1010 g/mol. The van der Waals surface area contributed by atoms with Gasteiger partial charge in [-0.05, 0) is 145 Å². The number of aliphatic imine (C=N–C) groups is 1. The largest absolute Gasteiger partial charge is 0.491 e. The summed E-state index contributed by atoms with van der Waals surface area (Å²) in [6.45, 7) is 1.25. The number of carbonyl (C=O) groups is 1. The van der Waals surface area contributed by atoms with Crippen molar-refractivity contribution in [1.82, 2.24) is 0 Å². The van der Waals surface area contributed by atoms with Gasteiger partial charge in [-0.1, -0.05) is 87.1 Å². The number of unbranched alkanes of at least 4 members (excludes halogenated alkanes) is 7. The molecule has 12 heteroatoms. The van der Waals surface area contributed by atoms with E-state index >= 15 is 0 Å². The molecule has 294 valence electrons. The van der Waals surface area contributed by atoms with Crippen LogP contribution in [0.15, 0.2) is 156 Å². The molecule has 1 aliphatic rings. The third-order valence-corrected chi connectivity index (χ3v) is 11.3. The Labute approximate surface area is 368 Å². The monoisotopic (exact) mass is 1010 g/mol. The van der Waals surface area contributed by atoms with Gasteiger partial charge in [0.15, 0.2) is 0 Å². The van der Waals surface area contributed by atoms with Crippen LogP contribution in [0.3, 0.4) is 0 Å². The number of ether oxygens (including phenoxy) is 2. The Kier molecular flexibility index (Phi) is 14.8. The number of azo groups is 2. The van der Waals surface area contributed by atoms with Gasteiger partial charge in [0.25, 0.3) is 5.91 Å². The number of nitrogens with zero attached hydrogens (tertiary/aromatic N) is 5. The first-order valence-electron chi connectivity index (χ1n) is 19.4. The molecular weight excluding hydrogens is 971 g/mol. The SMILES string of the molecule is O=C1Nc2ccc(I)cc2C1=Nc1cc(Br)c(OCCCCCCCCCCOc2ccc3ccccc3c2N=Nc2ccc(N=Nc3ccccc3)cc2)c(Br)c1. The zero-order chi connectivity index (χ0) is 40.1. The van der Waals surface area contributed by atoms with Crippen molar-refractivity contribution in [2.45, 2.75) is 51.4 Å². The summed E-state index contributed by atoms with van der Waals surface area (Å²) in [6, 6.07) is 39.0. The van der Waals surface area contributed by atoms with Crippen LogP contribution in [0, 0.1) is 3.57 Å². The van der Waals surface area contributed by atoms with Crippen molar-refractivity contribution in [3.05, 3.63) is 139 Å². The zero-order valence-electron chi connectivity index (χ0n) is 31.7. The highest BCUT2D eigenvalue weighted by Crippen LogP contribution is 2.39. The number of amides is 1. The van der Waals surface area contributed by atoms with Crippen molar-refractivity contribution in [2.75, 3.05) is 18.5 Å². The fourth-order valence-corrected chi connectivity index (χ4v) is 8.38. The zero-order valence-corrected chi connectivity index (χ0v) is 37.0. The van der Waals surface area contributed by atoms with Gasteiger partial charge in [0.2, 0.25) is 0 Å². The molecule has 9 nitrogen and oxygen atoms in total. The van der Waals surface area contributed by atoms with Crippen molar-refractivity contribution < 1.29 is 14.3 Å². The Morgan fingerprint density at radius 2 is 1.16 bits per heavy atom. The van der Waals surface area contributed by atoms with Gasteiger partial charge in [-0.2, -0.15) is 15.3 Å². The minimum atomic E-state index is -0.201. The van der Waals surface area contributed by atoms with E-state index in [0.717, 1.165) is 94.5 Å². The van der Waals surface area contributed by atoms with E-state index in [2.05, 4.69) is 103 Å². The van der Waals surface area contributed by atoms with Gasteiger partial charge in [0.05, 0.1) is 50.6 Å². The van der Waals surface area contributed by atoms with Crippen LogP contribution < -0.4 is 14.8 Å². The standard InChI is InChI=1S/C46H41Br2IN6O3/c47-39-29-36(50-44-38-28-32(49)19-24-41(38)51-46(44)56)30-40(48)45(39)58-27-13-6-4-2-1-3-5-12-26-57-42-25-18-31-14-10-11-17-37(31)43(42)55-54-35-22-20-34(21-23-35)53-52-33-15-8-7-9-16-33/h7-11,14-25,28-30H,1-6,12-13,26-27H2,(H,50,51,56). The van der Waals surface area contributed by atoms with Crippen molar-refractivity contribution in [2.24, 2.45) is 25.4 Å². The maximum atomic E-state index is 12.6. The average Bonchev–Trinajstić information content (AvgIpc) is 3.54. The highest BCUT2D eigenvalue weighted by molar-refractivity contribution is 14.1. The maximum Gasteiger partial charge on any atom is 0.275 e. The van der Waals surface area contributed by atoms with Gasteiger partial charge in [-0.25, -0.2) is 4.99 Å². The number of benzene rings is 6. The lowest BCUT2D eigenvalue weighted by atomic mass is 10.1. The van der Waals surface area contributed by atoms with Gasteiger partial charge in [0, 0.05) is 14.5 Å². The third kappa shape index (κ3) is 11.2. The highest BCUT2D eigenvalue weighted by Gasteiger charge is 2.26. The Bertz CT molecular complexity index is 2440. The lowest BCUT2D eigenvalue weighted by Crippen LogP contribution is -2.13. The third-order valence-electron chi connectivity index (χ3n) is 9.48. The molecular formula is C46H41Br2IN6O3. The molecule has 1 N–H and O–H groups in total. The van der Waals surface area contributed by atoms with Crippen LogP contribution in [0.25, 0.3) is 10.8 Å². The summed E-state index contributed by atoms with van der Waals surface area (Å²) >= 11 is 9.52. The summed E-state index contributed by atoms with van der Waals surface area (Å²) in [5.41, 5.74) is 5.68. The topological polar surface area (TPSA) is 109 Å². The Balaban J connectivity index is 0.807. The Morgan fingerprint density at radius 1 is 0.569 bits per heavy atom. The molecule has 0 radical (unpaired) electrons. The molecule has 1 amide bonds. The number of halogens is 3. The first-order valence-corrected chi connectivity index (χ1v) is 22.0. The quantitative estimate of drug-likeness (QED) is 0.0526. The second-order valence-electron chi connectivity index (χ2n) is 13.8. The number of hydrogen-bond acceptors (Lipinski definition) is 8. The number of rotatable bonds is 18. The molecule has 58 heavy (non-hydrogen) atoms. The molecule has 7 rings (SSSR count). The molecule has 6 aromatic carbocycles. The van der Waals surface area contributed by atoms with Crippen molar-refractivity contribution >= 4 is 111 Å². The van der Waals surface area contributed by atoms with Crippen molar-refractivity contribution in [3.63, 3.8) is 0 Å². The Hall–Kier alpha value is -4.79. The second-order valence-corrected chi connectivity index (χ2v) is 16.7. The van der Waals surface area contributed by atoms with Crippen LogP contribution in [-0.2, 0) is 4.79 Å². The van der Waals surface area contributed by atoms with Gasteiger partial charge in [0.1, 0.15) is 22.9 Å². The van der Waals surface area contributed by atoms with Crippen LogP contribution in [0.2, 0.25) is 0 Å². The smallest absolute Gasteiger partial charge is 0.275 e. The minimum absolute atomic E-state index is 0.201. The van der Waals surface area contributed by atoms with E-state index in [0.29, 0.717) is 24.6 Å². The van der Waals surface area contributed by atoms with Crippen molar-refractivity contribution in [3.8, 4) is 11.5 Å². The second kappa shape index (κ2) is 20.8. The van der Waals surface area contributed by atoms with E-state index in [9.17, 15) is 4.79 Å². The van der Waals surface area contributed by atoms with Gasteiger partial charge in [-0.15, -0.1) is 5.11 Å². The predicted octanol–water partition coefficient (Wildman–Crippen LogP) is 15.5. The number of anilines is 1. The van der Waals surface area contributed by atoms with Crippen molar-refractivity contribution in [1.29, 1.82) is 0 Å². The van der Waals surface area contributed by atoms with Gasteiger partial charge >= 0.3 is 0 Å². The first-order chi connectivity index (χ1) is 28.4. The predicted molar refractivity (Wildman–Crippen MR) is 249 cm³/mol. The molecule has 1 heterocycles. The molecule has 0 saturated carbocycles. The molecule has 0 unspecified atom stereocenters. The van der Waals surface area contributed by atoms with E-state index in [-0.39, 0.29) is 5.91 Å². The summed E-state index contributed by atoms with van der Waals surface area (Å²) in [6.07, 6.45) is 8.93. The lowest BCUT2D eigenvalue weighted by Gasteiger charge is -2.12. The molecule has 0 spiro atoms. The highest BCUT2D eigenvalue weighted by atomic mass is 127. The van der Waals surface area contributed by atoms with E-state index in [4.69, 9.17) is 9.47 Å². The first kappa shape index (κ1) is 41.4. The van der Waals surface area contributed by atoms with Gasteiger partial charge in [-0.3, -0.25) is 4.79 Å². The fourth-order valence-electron chi connectivity index (χ4n) is 6.49. The number of fused-ring (bicyclic) bond motifs is 2. The van der Waals surface area contributed by atoms with Crippen LogP contribution in [0.5, 0.6) is 11.5 Å². The molecule has 0 aromatic heterocycles. The van der Waals surface area contributed by atoms with Crippen LogP contribution in [-0.4, -0.2) is 24.8 Å². The molecule has 1 aliphatic heterocycles.